The number of nitrogens with zero attached hydrogens (tertiary/aromatic N) is 1. The van der Waals surface area contributed by atoms with Gasteiger partial charge >= 0.3 is 5.97 Å². The van der Waals surface area contributed by atoms with Gasteiger partial charge in [-0.2, -0.15) is 0 Å². The molecule has 2 aliphatic rings. The Bertz CT molecular complexity index is 797. The normalized spacial score (nSPS) is 20.4. The van der Waals surface area contributed by atoms with E-state index in [0.717, 1.165) is 4.90 Å². The third-order valence-corrected chi connectivity index (χ3v) is 5.01. The van der Waals surface area contributed by atoms with Gasteiger partial charge in [0.15, 0.2) is 6.61 Å². The Morgan fingerprint density at radius 2 is 1.69 bits per heavy atom. The van der Waals surface area contributed by atoms with Crippen LogP contribution in [0.1, 0.15) is 12.8 Å². The second-order valence-corrected chi connectivity index (χ2v) is 7.17. The second kappa shape index (κ2) is 9.56. The number of amides is 3. The van der Waals surface area contributed by atoms with E-state index in [4.69, 9.17) is 21.1 Å². The van der Waals surface area contributed by atoms with Gasteiger partial charge < -0.3 is 14.8 Å². The number of nitrogens with one attached hydrogen (secondary N) is 1. The lowest BCUT2D eigenvalue weighted by molar-refractivity contribution is -0.154. The predicted octanol–water partition coefficient (Wildman–Crippen LogP) is 1.33. The highest BCUT2D eigenvalue weighted by atomic mass is 35.5. The summed E-state index contributed by atoms with van der Waals surface area (Å²) in [6.45, 7) is -0.518. The molecular weight excluding hydrogens is 400 g/mol. The number of carbonyl (C=O) groups is 4. The van der Waals surface area contributed by atoms with Gasteiger partial charge in [0.25, 0.3) is 5.91 Å². The van der Waals surface area contributed by atoms with Gasteiger partial charge in [0.05, 0.1) is 18.4 Å². The lowest BCUT2D eigenvalue weighted by Crippen LogP contribution is -2.38. The van der Waals surface area contributed by atoms with E-state index in [2.05, 4.69) is 5.32 Å². The summed E-state index contributed by atoms with van der Waals surface area (Å²) < 4.78 is 10.3. The van der Waals surface area contributed by atoms with Crippen LogP contribution in [0.15, 0.2) is 36.4 Å². The summed E-state index contributed by atoms with van der Waals surface area (Å²) in [6.07, 6.45) is 4.74. The summed E-state index contributed by atoms with van der Waals surface area (Å²) >= 11 is 5.78. The number of benzene rings is 1. The van der Waals surface area contributed by atoms with Crippen molar-refractivity contribution in [3.8, 4) is 5.75 Å². The maximum Gasteiger partial charge on any atom is 0.326 e. The molecule has 154 valence electrons. The van der Waals surface area contributed by atoms with Gasteiger partial charge in [0.2, 0.25) is 11.8 Å². The van der Waals surface area contributed by atoms with Crippen LogP contribution in [0.2, 0.25) is 5.02 Å². The molecular formula is C20H21ClN2O6. The van der Waals surface area contributed by atoms with E-state index < -0.39 is 36.9 Å². The zero-order valence-corrected chi connectivity index (χ0v) is 16.4. The zero-order chi connectivity index (χ0) is 20.8. The third kappa shape index (κ3) is 5.35. The molecule has 1 aromatic rings. The molecule has 0 aromatic heterocycles. The standard InChI is InChI=1S/C20H21ClN2O6/c21-13-5-7-14(8-6-13)28-10-9-22-17(24)12-29-18(25)11-23-19(26)15-3-1-2-4-16(15)20(23)27/h1-2,5-8,15-16H,3-4,9-12H2,(H,22,24)/t15-,16-/m1/s1. The van der Waals surface area contributed by atoms with E-state index in [-0.39, 0.29) is 25.0 Å². The highest BCUT2D eigenvalue weighted by Crippen LogP contribution is 2.34. The lowest BCUT2D eigenvalue weighted by atomic mass is 9.85. The van der Waals surface area contributed by atoms with Crippen molar-refractivity contribution >= 4 is 35.3 Å². The van der Waals surface area contributed by atoms with Crippen LogP contribution in [0.3, 0.4) is 0 Å². The average molecular weight is 421 g/mol. The molecule has 0 bridgehead atoms. The number of carbonyl (C=O) groups excluding carboxylic acids is 4. The Kier molecular flexibility index (Phi) is 6.87. The quantitative estimate of drug-likeness (QED) is 0.294. The zero-order valence-electron chi connectivity index (χ0n) is 15.6. The first-order chi connectivity index (χ1) is 14.0. The topological polar surface area (TPSA) is 102 Å². The number of esters is 1. The van der Waals surface area contributed by atoms with Gasteiger partial charge in [0.1, 0.15) is 18.9 Å². The molecule has 2 atom stereocenters. The number of hydrogen-bond acceptors (Lipinski definition) is 6. The van der Waals surface area contributed by atoms with Gasteiger partial charge in [-0.05, 0) is 37.1 Å². The summed E-state index contributed by atoms with van der Waals surface area (Å²) in [5, 5.41) is 3.15. The van der Waals surface area contributed by atoms with Crippen molar-refractivity contribution in [2.24, 2.45) is 11.8 Å². The first-order valence-electron chi connectivity index (χ1n) is 9.26. The first kappa shape index (κ1) is 20.9. The molecule has 1 aliphatic heterocycles. The maximum atomic E-state index is 12.3. The Morgan fingerprint density at radius 1 is 1.07 bits per heavy atom. The molecule has 1 saturated heterocycles. The van der Waals surface area contributed by atoms with Crippen LogP contribution >= 0.6 is 11.6 Å². The Balaban J connectivity index is 1.34. The van der Waals surface area contributed by atoms with Crippen molar-refractivity contribution in [2.75, 3.05) is 26.3 Å². The van der Waals surface area contributed by atoms with E-state index in [1.165, 1.54) is 0 Å². The molecule has 1 fully saturated rings. The van der Waals surface area contributed by atoms with Gasteiger partial charge in [-0.1, -0.05) is 23.8 Å². The molecule has 3 amide bonds. The molecule has 3 rings (SSSR count). The number of hydrogen-bond donors (Lipinski definition) is 1. The van der Waals surface area contributed by atoms with Crippen LogP contribution in [0.5, 0.6) is 5.75 Å². The minimum absolute atomic E-state index is 0.221. The monoisotopic (exact) mass is 420 g/mol. The summed E-state index contributed by atoms with van der Waals surface area (Å²) in [5.41, 5.74) is 0. The average Bonchev–Trinajstić information content (AvgIpc) is 2.96. The number of rotatable bonds is 8. The molecule has 1 aliphatic carbocycles. The minimum atomic E-state index is -0.800. The Morgan fingerprint density at radius 3 is 2.31 bits per heavy atom. The highest BCUT2D eigenvalue weighted by molar-refractivity contribution is 6.30. The van der Waals surface area contributed by atoms with E-state index in [1.807, 2.05) is 12.2 Å². The van der Waals surface area contributed by atoms with Crippen LogP contribution < -0.4 is 10.1 Å². The van der Waals surface area contributed by atoms with Crippen molar-refractivity contribution in [2.45, 2.75) is 12.8 Å². The molecule has 1 aromatic carbocycles. The van der Waals surface area contributed by atoms with E-state index in [9.17, 15) is 19.2 Å². The minimum Gasteiger partial charge on any atom is -0.492 e. The molecule has 1 heterocycles. The van der Waals surface area contributed by atoms with Crippen LogP contribution in [0.25, 0.3) is 0 Å². The number of fused-ring (bicyclic) bond motifs is 1. The number of halogens is 1. The van der Waals surface area contributed by atoms with Crippen LogP contribution in [0, 0.1) is 11.8 Å². The van der Waals surface area contributed by atoms with Crippen molar-refractivity contribution in [1.82, 2.24) is 10.2 Å². The largest absolute Gasteiger partial charge is 0.492 e. The fraction of sp³-hybridized carbons (Fsp3) is 0.400. The van der Waals surface area contributed by atoms with Crippen LogP contribution in [-0.4, -0.2) is 54.9 Å². The molecule has 0 unspecified atom stereocenters. The van der Waals surface area contributed by atoms with Gasteiger partial charge in [0, 0.05) is 5.02 Å². The molecule has 1 N–H and O–H groups in total. The van der Waals surface area contributed by atoms with Crippen molar-refractivity contribution < 1.29 is 28.7 Å². The molecule has 9 heteroatoms. The maximum absolute atomic E-state index is 12.3. The van der Waals surface area contributed by atoms with Gasteiger partial charge in [-0.3, -0.25) is 24.1 Å². The molecule has 0 saturated carbocycles. The summed E-state index contributed by atoms with van der Waals surface area (Å²) in [7, 11) is 0. The van der Waals surface area contributed by atoms with E-state index in [1.54, 1.807) is 24.3 Å². The van der Waals surface area contributed by atoms with Crippen molar-refractivity contribution in [3.63, 3.8) is 0 Å². The number of imide groups is 1. The summed E-state index contributed by atoms with van der Waals surface area (Å²) in [6, 6.07) is 6.80. The van der Waals surface area contributed by atoms with Gasteiger partial charge in [-0.15, -0.1) is 0 Å². The third-order valence-electron chi connectivity index (χ3n) is 4.76. The predicted molar refractivity (Wildman–Crippen MR) is 103 cm³/mol. The molecule has 29 heavy (non-hydrogen) atoms. The Hall–Kier alpha value is -2.87. The molecule has 8 nitrogen and oxygen atoms in total. The highest BCUT2D eigenvalue weighted by Gasteiger charge is 2.47. The SMILES string of the molecule is O=C(COC(=O)CN1C(=O)[C@@H]2CC=CC[C@H]2C1=O)NCCOc1ccc(Cl)cc1. The van der Waals surface area contributed by atoms with Crippen LogP contribution in [-0.2, 0) is 23.9 Å². The number of allylic oxidation sites excluding steroid dienone is 2. The van der Waals surface area contributed by atoms with E-state index in [0.29, 0.717) is 23.6 Å². The van der Waals surface area contributed by atoms with Crippen LogP contribution in [0.4, 0.5) is 0 Å². The fourth-order valence-electron chi connectivity index (χ4n) is 3.29. The number of likely N-dealkylation sites (tertiary alicyclic amines) is 1. The van der Waals surface area contributed by atoms with Crippen molar-refractivity contribution in [3.05, 3.63) is 41.4 Å². The van der Waals surface area contributed by atoms with Crippen molar-refractivity contribution in [1.29, 1.82) is 0 Å². The Labute approximate surface area is 172 Å². The second-order valence-electron chi connectivity index (χ2n) is 6.73. The summed E-state index contributed by atoms with van der Waals surface area (Å²) in [5.74, 6) is -2.20. The lowest BCUT2D eigenvalue weighted by Gasteiger charge is -2.14. The smallest absolute Gasteiger partial charge is 0.326 e. The van der Waals surface area contributed by atoms with E-state index >= 15 is 0 Å². The number of ether oxygens (including phenoxy) is 2. The summed E-state index contributed by atoms with van der Waals surface area (Å²) in [4.78, 5) is 49.2. The fourth-order valence-corrected chi connectivity index (χ4v) is 3.41. The molecule has 0 spiro atoms. The van der Waals surface area contributed by atoms with Gasteiger partial charge in [-0.25, -0.2) is 0 Å². The first-order valence-corrected chi connectivity index (χ1v) is 9.64. The molecule has 0 radical (unpaired) electrons.